The Morgan fingerprint density at radius 1 is 1.43 bits per heavy atom. The summed E-state index contributed by atoms with van der Waals surface area (Å²) in [6, 6.07) is 0. The van der Waals surface area contributed by atoms with Crippen LogP contribution in [0.2, 0.25) is 0 Å². The molecule has 2 nitrogen and oxygen atoms in total. The van der Waals surface area contributed by atoms with Gasteiger partial charge in [-0.15, -0.1) is 0 Å². The van der Waals surface area contributed by atoms with Crippen LogP contribution in [0.5, 0.6) is 0 Å². The van der Waals surface area contributed by atoms with E-state index in [9.17, 15) is 4.79 Å². The molecule has 80 valence electrons. The van der Waals surface area contributed by atoms with Crippen molar-refractivity contribution in [2.75, 3.05) is 6.61 Å². The summed E-state index contributed by atoms with van der Waals surface area (Å²) in [6.07, 6.45) is 11.0. The van der Waals surface area contributed by atoms with Crippen molar-refractivity contribution in [2.45, 2.75) is 45.4 Å². The zero-order chi connectivity index (χ0) is 10.2. The number of carbonyl (C=O) groups is 1. The van der Waals surface area contributed by atoms with Gasteiger partial charge in [0.1, 0.15) is 0 Å². The van der Waals surface area contributed by atoms with Gasteiger partial charge in [-0.25, -0.2) is 4.79 Å². The number of cyclic esters (lactones) is 1. The molecule has 0 spiro atoms. The van der Waals surface area contributed by atoms with Crippen LogP contribution in [0.15, 0.2) is 12.2 Å². The zero-order valence-corrected chi connectivity index (χ0v) is 9.00. The number of hydrogen-bond acceptors (Lipinski definition) is 2. The molecule has 0 aromatic heterocycles. The zero-order valence-electron chi connectivity index (χ0n) is 9.00. The van der Waals surface area contributed by atoms with Crippen molar-refractivity contribution in [3.63, 3.8) is 0 Å². The van der Waals surface area contributed by atoms with Gasteiger partial charge in [-0.2, -0.15) is 0 Å². The molecule has 0 bridgehead atoms. The Morgan fingerprint density at radius 3 is 3.07 bits per heavy atom. The van der Waals surface area contributed by atoms with Gasteiger partial charge in [0.05, 0.1) is 6.61 Å². The molecule has 1 atom stereocenters. The van der Waals surface area contributed by atoms with Crippen molar-refractivity contribution in [3.8, 4) is 0 Å². The fraction of sp³-hybridized carbons (Fsp3) is 0.750. The molecule has 0 saturated carbocycles. The Morgan fingerprint density at radius 2 is 2.29 bits per heavy atom. The second kappa shape index (κ2) is 6.63. The standard InChI is InChI=1S/C12H20O2/c1-2-3-4-5-6-11-7-8-12(13)14-10-9-11/h7-8,11H,2-6,9-10H2,1H3. The molecule has 0 aromatic carbocycles. The molecule has 14 heavy (non-hydrogen) atoms. The lowest BCUT2D eigenvalue weighted by molar-refractivity contribution is -0.137. The fourth-order valence-electron chi connectivity index (χ4n) is 1.74. The van der Waals surface area contributed by atoms with E-state index in [-0.39, 0.29) is 5.97 Å². The van der Waals surface area contributed by atoms with E-state index in [0.29, 0.717) is 12.5 Å². The number of carbonyl (C=O) groups excluding carboxylic acids is 1. The molecule has 0 fully saturated rings. The molecule has 0 saturated heterocycles. The largest absolute Gasteiger partial charge is 0.463 e. The summed E-state index contributed by atoms with van der Waals surface area (Å²) in [6.45, 7) is 2.81. The van der Waals surface area contributed by atoms with Crippen LogP contribution in [0.3, 0.4) is 0 Å². The maximum atomic E-state index is 10.9. The average Bonchev–Trinajstić information content (AvgIpc) is 2.38. The van der Waals surface area contributed by atoms with Gasteiger partial charge in [0.15, 0.2) is 0 Å². The third-order valence-electron chi connectivity index (χ3n) is 2.67. The summed E-state index contributed by atoms with van der Waals surface area (Å²) in [5.41, 5.74) is 0. The number of rotatable bonds is 5. The number of allylic oxidation sites excluding steroid dienone is 1. The molecule has 1 heterocycles. The minimum atomic E-state index is -0.180. The Bertz CT molecular complexity index is 196. The third-order valence-corrected chi connectivity index (χ3v) is 2.67. The Hall–Kier alpha value is -0.790. The first-order valence-electron chi connectivity index (χ1n) is 5.68. The van der Waals surface area contributed by atoms with Gasteiger partial charge in [0, 0.05) is 6.08 Å². The van der Waals surface area contributed by atoms with Gasteiger partial charge in [0.2, 0.25) is 0 Å². The first kappa shape index (κ1) is 11.3. The average molecular weight is 196 g/mol. The Labute approximate surface area is 86.3 Å². The lowest BCUT2D eigenvalue weighted by Gasteiger charge is -2.09. The van der Waals surface area contributed by atoms with Gasteiger partial charge in [-0.3, -0.25) is 0 Å². The van der Waals surface area contributed by atoms with Crippen LogP contribution in [0, 0.1) is 5.92 Å². The molecule has 1 rings (SSSR count). The van der Waals surface area contributed by atoms with Gasteiger partial charge in [-0.1, -0.05) is 38.7 Å². The van der Waals surface area contributed by atoms with Gasteiger partial charge in [0.25, 0.3) is 0 Å². The monoisotopic (exact) mass is 196 g/mol. The van der Waals surface area contributed by atoms with Crippen LogP contribution in [0.4, 0.5) is 0 Å². The van der Waals surface area contributed by atoms with E-state index < -0.39 is 0 Å². The van der Waals surface area contributed by atoms with E-state index in [1.165, 1.54) is 32.1 Å². The highest BCUT2D eigenvalue weighted by Crippen LogP contribution is 2.17. The van der Waals surface area contributed by atoms with E-state index in [4.69, 9.17) is 4.74 Å². The quantitative estimate of drug-likeness (QED) is 0.499. The minimum absolute atomic E-state index is 0.180. The van der Waals surface area contributed by atoms with Crippen LogP contribution in [0.1, 0.15) is 45.4 Å². The summed E-state index contributed by atoms with van der Waals surface area (Å²) in [7, 11) is 0. The number of esters is 1. The van der Waals surface area contributed by atoms with Crippen molar-refractivity contribution < 1.29 is 9.53 Å². The van der Waals surface area contributed by atoms with Gasteiger partial charge in [-0.05, 0) is 18.8 Å². The minimum Gasteiger partial charge on any atom is -0.463 e. The molecular weight excluding hydrogens is 176 g/mol. The van der Waals surface area contributed by atoms with E-state index >= 15 is 0 Å². The predicted octanol–water partition coefficient (Wildman–Crippen LogP) is 3.08. The van der Waals surface area contributed by atoms with Gasteiger partial charge < -0.3 is 4.74 Å². The van der Waals surface area contributed by atoms with Crippen LogP contribution in [-0.4, -0.2) is 12.6 Å². The topological polar surface area (TPSA) is 26.3 Å². The first-order valence-corrected chi connectivity index (χ1v) is 5.68. The van der Waals surface area contributed by atoms with E-state index in [1.807, 2.05) is 6.08 Å². The van der Waals surface area contributed by atoms with Crippen molar-refractivity contribution >= 4 is 5.97 Å². The molecule has 2 heteroatoms. The number of unbranched alkanes of at least 4 members (excludes halogenated alkanes) is 3. The second-order valence-electron chi connectivity index (χ2n) is 3.92. The molecule has 1 unspecified atom stereocenters. The molecule has 0 aliphatic carbocycles. The maximum absolute atomic E-state index is 10.9. The summed E-state index contributed by atoms with van der Waals surface area (Å²) in [5.74, 6) is 0.374. The van der Waals surface area contributed by atoms with Crippen LogP contribution in [0.25, 0.3) is 0 Å². The Balaban J connectivity index is 2.16. The van der Waals surface area contributed by atoms with E-state index in [2.05, 4.69) is 6.92 Å². The summed E-state index contributed by atoms with van der Waals surface area (Å²) < 4.78 is 4.93. The van der Waals surface area contributed by atoms with Crippen molar-refractivity contribution in [3.05, 3.63) is 12.2 Å². The fourth-order valence-corrected chi connectivity index (χ4v) is 1.74. The maximum Gasteiger partial charge on any atom is 0.330 e. The molecule has 0 N–H and O–H groups in total. The van der Waals surface area contributed by atoms with Crippen molar-refractivity contribution in [2.24, 2.45) is 5.92 Å². The van der Waals surface area contributed by atoms with E-state index in [1.54, 1.807) is 6.08 Å². The van der Waals surface area contributed by atoms with Gasteiger partial charge >= 0.3 is 5.97 Å². The molecule has 0 aromatic rings. The normalized spacial score (nSPS) is 21.8. The predicted molar refractivity (Wildman–Crippen MR) is 57.0 cm³/mol. The van der Waals surface area contributed by atoms with Crippen LogP contribution in [-0.2, 0) is 9.53 Å². The number of ether oxygens (including phenoxy) is 1. The van der Waals surface area contributed by atoms with Crippen LogP contribution < -0.4 is 0 Å². The third kappa shape index (κ3) is 4.45. The number of hydrogen-bond donors (Lipinski definition) is 0. The highest BCUT2D eigenvalue weighted by molar-refractivity contribution is 5.82. The summed E-state index contributed by atoms with van der Waals surface area (Å²) in [4.78, 5) is 10.9. The second-order valence-corrected chi connectivity index (χ2v) is 3.92. The molecule has 1 aliphatic heterocycles. The molecule has 0 radical (unpaired) electrons. The smallest absolute Gasteiger partial charge is 0.330 e. The lowest BCUT2D eigenvalue weighted by atomic mass is 9.98. The summed E-state index contributed by atoms with van der Waals surface area (Å²) in [5, 5.41) is 0. The highest BCUT2D eigenvalue weighted by atomic mass is 16.5. The SMILES string of the molecule is CCCCCCC1C=CC(=O)OCC1. The Kier molecular flexibility index (Phi) is 5.35. The van der Waals surface area contributed by atoms with Crippen molar-refractivity contribution in [1.29, 1.82) is 0 Å². The lowest BCUT2D eigenvalue weighted by Crippen LogP contribution is -2.01. The first-order chi connectivity index (χ1) is 6.83. The highest BCUT2D eigenvalue weighted by Gasteiger charge is 2.10. The van der Waals surface area contributed by atoms with E-state index in [0.717, 1.165) is 6.42 Å². The summed E-state index contributed by atoms with van der Waals surface area (Å²) >= 11 is 0. The van der Waals surface area contributed by atoms with Crippen LogP contribution >= 0.6 is 0 Å². The molecule has 0 amide bonds. The van der Waals surface area contributed by atoms with Crippen molar-refractivity contribution in [1.82, 2.24) is 0 Å². The molecule has 1 aliphatic rings. The molecular formula is C12H20O2.